The number of carbonyl (C=O) groups excluding carboxylic acids is 1. The summed E-state index contributed by atoms with van der Waals surface area (Å²) >= 11 is 0. The van der Waals surface area contributed by atoms with E-state index in [-0.39, 0.29) is 23.8 Å². The Labute approximate surface area is 142 Å². The molecule has 1 aromatic heterocycles. The van der Waals surface area contributed by atoms with Crippen LogP contribution in [0.1, 0.15) is 69.6 Å². The van der Waals surface area contributed by atoms with Gasteiger partial charge in [0.1, 0.15) is 12.2 Å². The van der Waals surface area contributed by atoms with Crippen molar-refractivity contribution in [1.29, 1.82) is 0 Å². The second-order valence-corrected chi connectivity index (χ2v) is 7.09. The number of benzene rings is 1. The van der Waals surface area contributed by atoms with Crippen LogP contribution in [-0.4, -0.2) is 26.2 Å². The van der Waals surface area contributed by atoms with Crippen molar-refractivity contribution >= 4 is 5.91 Å². The molecule has 24 heavy (non-hydrogen) atoms. The Bertz CT molecular complexity index is 645. The van der Waals surface area contributed by atoms with Crippen LogP contribution in [0.2, 0.25) is 0 Å². The van der Waals surface area contributed by atoms with Crippen LogP contribution in [0.15, 0.2) is 30.6 Å². The third-order valence-electron chi connectivity index (χ3n) is 4.03. The summed E-state index contributed by atoms with van der Waals surface area (Å²) in [6.07, 6.45) is 1.39. The number of aromatic nitrogens is 3. The molecule has 1 amide bonds. The monoisotopic (exact) mass is 330 g/mol. The SMILES string of the molecule is C[C@@H](NC(=O)CC[C@H](O)c1ccc(C(C)(C)C)cc1)c1ncn[nH]1. The van der Waals surface area contributed by atoms with Gasteiger partial charge in [-0.15, -0.1) is 0 Å². The van der Waals surface area contributed by atoms with E-state index in [1.165, 1.54) is 11.9 Å². The number of aliphatic hydroxyl groups is 1. The number of nitrogens with one attached hydrogen (secondary N) is 2. The van der Waals surface area contributed by atoms with Gasteiger partial charge in [-0.2, -0.15) is 5.10 Å². The summed E-state index contributed by atoms with van der Waals surface area (Å²) in [5, 5.41) is 19.6. The highest BCUT2D eigenvalue weighted by Crippen LogP contribution is 2.25. The van der Waals surface area contributed by atoms with E-state index in [1.807, 2.05) is 31.2 Å². The van der Waals surface area contributed by atoms with Crippen molar-refractivity contribution < 1.29 is 9.90 Å². The van der Waals surface area contributed by atoms with Crippen LogP contribution in [0.25, 0.3) is 0 Å². The maximum atomic E-state index is 12.0. The molecule has 1 aromatic carbocycles. The first kappa shape index (κ1) is 18.1. The highest BCUT2D eigenvalue weighted by molar-refractivity contribution is 5.76. The smallest absolute Gasteiger partial charge is 0.220 e. The molecule has 0 radical (unpaired) electrons. The van der Waals surface area contributed by atoms with Gasteiger partial charge in [-0.25, -0.2) is 4.98 Å². The van der Waals surface area contributed by atoms with E-state index in [1.54, 1.807) is 0 Å². The predicted molar refractivity (Wildman–Crippen MR) is 92.3 cm³/mol. The van der Waals surface area contributed by atoms with Crippen LogP contribution in [0.3, 0.4) is 0 Å². The summed E-state index contributed by atoms with van der Waals surface area (Å²) in [6.45, 7) is 8.29. The molecular weight excluding hydrogens is 304 g/mol. The first-order valence-electron chi connectivity index (χ1n) is 8.20. The molecule has 0 saturated heterocycles. The van der Waals surface area contributed by atoms with Gasteiger partial charge in [-0.05, 0) is 29.9 Å². The molecule has 0 bridgehead atoms. The third-order valence-corrected chi connectivity index (χ3v) is 4.03. The molecule has 0 aliphatic heterocycles. The molecule has 6 nitrogen and oxygen atoms in total. The Hall–Kier alpha value is -2.21. The molecule has 0 spiro atoms. The number of amides is 1. The minimum Gasteiger partial charge on any atom is -0.388 e. The number of aromatic amines is 1. The van der Waals surface area contributed by atoms with Crippen molar-refractivity contribution in [3.05, 3.63) is 47.5 Å². The van der Waals surface area contributed by atoms with E-state index in [0.717, 1.165) is 5.56 Å². The summed E-state index contributed by atoms with van der Waals surface area (Å²) < 4.78 is 0. The largest absolute Gasteiger partial charge is 0.388 e. The highest BCUT2D eigenvalue weighted by Gasteiger charge is 2.16. The van der Waals surface area contributed by atoms with Gasteiger partial charge in [-0.3, -0.25) is 9.89 Å². The average molecular weight is 330 g/mol. The quantitative estimate of drug-likeness (QED) is 0.759. The molecule has 6 heteroatoms. The van der Waals surface area contributed by atoms with Crippen molar-refractivity contribution in [3.63, 3.8) is 0 Å². The van der Waals surface area contributed by atoms with Crippen LogP contribution in [0.4, 0.5) is 0 Å². The predicted octanol–water partition coefficient (Wildman–Crippen LogP) is 2.79. The van der Waals surface area contributed by atoms with Gasteiger partial charge in [-0.1, -0.05) is 45.0 Å². The van der Waals surface area contributed by atoms with E-state index in [9.17, 15) is 9.90 Å². The molecule has 0 saturated carbocycles. The fourth-order valence-corrected chi connectivity index (χ4v) is 2.45. The molecule has 0 aliphatic rings. The first-order chi connectivity index (χ1) is 11.3. The van der Waals surface area contributed by atoms with E-state index >= 15 is 0 Å². The number of H-pyrrole nitrogens is 1. The standard InChI is InChI=1S/C18H26N4O2/c1-12(17-19-11-20-22-17)21-16(24)10-9-15(23)13-5-7-14(8-6-13)18(2,3)4/h5-8,11-12,15,23H,9-10H2,1-4H3,(H,21,24)(H,19,20,22)/t12-,15+/m1/s1. The zero-order chi connectivity index (χ0) is 17.7. The van der Waals surface area contributed by atoms with Crippen LogP contribution in [0, 0.1) is 0 Å². The van der Waals surface area contributed by atoms with E-state index in [2.05, 4.69) is 41.3 Å². The average Bonchev–Trinajstić information content (AvgIpc) is 3.06. The Morgan fingerprint density at radius 2 is 1.96 bits per heavy atom. The first-order valence-corrected chi connectivity index (χ1v) is 8.20. The van der Waals surface area contributed by atoms with Crippen molar-refractivity contribution in [2.75, 3.05) is 0 Å². The second kappa shape index (κ2) is 7.57. The normalized spacial score (nSPS) is 14.2. The number of nitrogens with zero attached hydrogens (tertiary/aromatic N) is 2. The van der Waals surface area contributed by atoms with Crippen molar-refractivity contribution in [2.45, 2.75) is 58.1 Å². The van der Waals surface area contributed by atoms with Crippen LogP contribution < -0.4 is 5.32 Å². The fourth-order valence-electron chi connectivity index (χ4n) is 2.45. The summed E-state index contributed by atoms with van der Waals surface area (Å²) in [6, 6.07) is 7.69. The zero-order valence-electron chi connectivity index (χ0n) is 14.7. The van der Waals surface area contributed by atoms with Crippen LogP contribution >= 0.6 is 0 Å². The van der Waals surface area contributed by atoms with Crippen LogP contribution in [-0.2, 0) is 10.2 Å². The maximum Gasteiger partial charge on any atom is 0.220 e. The molecule has 2 aromatic rings. The molecule has 0 unspecified atom stereocenters. The number of rotatable bonds is 6. The van der Waals surface area contributed by atoms with Crippen molar-refractivity contribution in [1.82, 2.24) is 20.5 Å². The molecule has 0 aliphatic carbocycles. The molecular formula is C18H26N4O2. The Morgan fingerprint density at radius 1 is 1.29 bits per heavy atom. The number of hydrogen-bond acceptors (Lipinski definition) is 4. The van der Waals surface area contributed by atoms with Gasteiger partial charge < -0.3 is 10.4 Å². The van der Waals surface area contributed by atoms with E-state index in [4.69, 9.17) is 0 Å². The lowest BCUT2D eigenvalue weighted by Gasteiger charge is -2.20. The van der Waals surface area contributed by atoms with Gasteiger partial charge in [0.25, 0.3) is 0 Å². The van der Waals surface area contributed by atoms with Crippen LogP contribution in [0.5, 0.6) is 0 Å². The lowest BCUT2D eigenvalue weighted by molar-refractivity contribution is -0.122. The number of aliphatic hydroxyl groups excluding tert-OH is 1. The molecule has 0 fully saturated rings. The summed E-state index contributed by atoms with van der Waals surface area (Å²) in [7, 11) is 0. The summed E-state index contributed by atoms with van der Waals surface area (Å²) in [5.74, 6) is 0.492. The summed E-state index contributed by atoms with van der Waals surface area (Å²) in [5.41, 5.74) is 2.14. The van der Waals surface area contributed by atoms with Gasteiger partial charge in [0.15, 0.2) is 0 Å². The van der Waals surface area contributed by atoms with Gasteiger partial charge in [0, 0.05) is 6.42 Å². The van der Waals surface area contributed by atoms with Crippen molar-refractivity contribution in [3.8, 4) is 0 Å². The Kier molecular flexibility index (Phi) is 5.72. The Balaban J connectivity index is 1.84. The Morgan fingerprint density at radius 3 is 2.50 bits per heavy atom. The molecule has 1 heterocycles. The van der Waals surface area contributed by atoms with E-state index < -0.39 is 6.10 Å². The number of carbonyl (C=O) groups is 1. The fraction of sp³-hybridized carbons (Fsp3) is 0.500. The van der Waals surface area contributed by atoms with Gasteiger partial charge in [0.05, 0.1) is 12.1 Å². The second-order valence-electron chi connectivity index (χ2n) is 7.09. The minimum absolute atomic E-state index is 0.0835. The van der Waals surface area contributed by atoms with Crippen molar-refractivity contribution in [2.24, 2.45) is 0 Å². The minimum atomic E-state index is -0.648. The molecule has 130 valence electrons. The molecule has 2 atom stereocenters. The lowest BCUT2D eigenvalue weighted by atomic mass is 9.86. The topological polar surface area (TPSA) is 90.9 Å². The molecule has 2 rings (SSSR count). The highest BCUT2D eigenvalue weighted by atomic mass is 16.3. The van der Waals surface area contributed by atoms with Gasteiger partial charge in [0.2, 0.25) is 5.91 Å². The maximum absolute atomic E-state index is 12.0. The third kappa shape index (κ3) is 4.89. The molecule has 3 N–H and O–H groups in total. The number of hydrogen-bond donors (Lipinski definition) is 3. The lowest BCUT2D eigenvalue weighted by Crippen LogP contribution is -2.27. The zero-order valence-corrected chi connectivity index (χ0v) is 14.7. The van der Waals surface area contributed by atoms with E-state index in [0.29, 0.717) is 12.2 Å². The van der Waals surface area contributed by atoms with Gasteiger partial charge >= 0.3 is 0 Å². The summed E-state index contributed by atoms with van der Waals surface area (Å²) in [4.78, 5) is 16.0.